The molecule has 0 aliphatic heterocycles. The fraction of sp³-hybridized carbons (Fsp3) is 0.667. The average molecular weight is 201 g/mol. The van der Waals surface area contributed by atoms with Crippen molar-refractivity contribution >= 4 is 0 Å². The van der Waals surface area contributed by atoms with Gasteiger partial charge in [-0.25, -0.2) is 0 Å². The first-order chi connectivity index (χ1) is 7.40. The predicted octanol–water partition coefficient (Wildman–Crippen LogP) is 2.36. The number of nitrogens with zero attached hydrogens (tertiary/aromatic N) is 3. The zero-order valence-corrected chi connectivity index (χ0v) is 8.87. The van der Waals surface area contributed by atoms with E-state index in [1.165, 1.54) is 43.4 Å². The van der Waals surface area contributed by atoms with E-state index < -0.39 is 0 Å². The van der Waals surface area contributed by atoms with E-state index in [1.807, 2.05) is 0 Å². The van der Waals surface area contributed by atoms with Crippen molar-refractivity contribution < 1.29 is 0 Å². The van der Waals surface area contributed by atoms with Crippen molar-refractivity contribution in [2.24, 2.45) is 0 Å². The summed E-state index contributed by atoms with van der Waals surface area (Å²) in [6.45, 7) is 0. The quantitative estimate of drug-likeness (QED) is 0.700. The van der Waals surface area contributed by atoms with E-state index >= 15 is 0 Å². The summed E-state index contributed by atoms with van der Waals surface area (Å²) in [6.07, 6.45) is 8.49. The Morgan fingerprint density at radius 2 is 2.00 bits per heavy atom. The van der Waals surface area contributed by atoms with Crippen LogP contribution < -0.4 is 0 Å². The van der Waals surface area contributed by atoms with Gasteiger partial charge in [0.2, 0.25) is 0 Å². The second kappa shape index (κ2) is 3.37. The second-order valence-electron chi connectivity index (χ2n) is 4.62. The Balaban J connectivity index is 2.06. The van der Waals surface area contributed by atoms with Crippen molar-refractivity contribution in [3.05, 3.63) is 17.0 Å². The Hall–Kier alpha value is -1.30. The smallest absolute Gasteiger partial charge is 0.165 e. The van der Waals surface area contributed by atoms with E-state index in [9.17, 15) is 0 Å². The largest absolute Gasteiger partial charge is 0.265 e. The topological polar surface area (TPSA) is 41.6 Å². The van der Waals surface area contributed by atoms with E-state index in [0.29, 0.717) is 11.7 Å². The zero-order valence-electron chi connectivity index (χ0n) is 8.87. The molecule has 2 aliphatic carbocycles. The highest BCUT2D eigenvalue weighted by molar-refractivity contribution is 5.37. The van der Waals surface area contributed by atoms with Gasteiger partial charge >= 0.3 is 0 Å². The number of hydrogen-bond donors (Lipinski definition) is 0. The SMILES string of the molecule is N#Cc1nn(C2CCC2)c2c1CCCC2. The molecule has 1 saturated carbocycles. The van der Waals surface area contributed by atoms with Crippen LogP contribution >= 0.6 is 0 Å². The van der Waals surface area contributed by atoms with Gasteiger partial charge in [-0.3, -0.25) is 4.68 Å². The van der Waals surface area contributed by atoms with Gasteiger partial charge in [-0.05, 0) is 44.9 Å². The highest BCUT2D eigenvalue weighted by Gasteiger charge is 2.27. The lowest BCUT2D eigenvalue weighted by Gasteiger charge is -2.28. The molecule has 1 aromatic heterocycles. The van der Waals surface area contributed by atoms with Gasteiger partial charge in [-0.1, -0.05) is 0 Å². The summed E-state index contributed by atoms with van der Waals surface area (Å²) < 4.78 is 2.16. The first-order valence-corrected chi connectivity index (χ1v) is 5.90. The molecule has 15 heavy (non-hydrogen) atoms. The standard InChI is InChI=1S/C12H15N3/c13-8-11-10-6-1-2-7-12(10)15(14-11)9-4-3-5-9/h9H,1-7H2. The molecule has 0 aromatic carbocycles. The summed E-state index contributed by atoms with van der Waals surface area (Å²) in [4.78, 5) is 0. The molecular weight excluding hydrogens is 186 g/mol. The number of hydrogen-bond acceptors (Lipinski definition) is 2. The van der Waals surface area contributed by atoms with Crippen molar-refractivity contribution in [2.45, 2.75) is 51.0 Å². The Labute approximate surface area is 89.7 Å². The van der Waals surface area contributed by atoms with Crippen LogP contribution in [-0.2, 0) is 12.8 Å². The minimum Gasteiger partial charge on any atom is -0.265 e. The summed E-state index contributed by atoms with van der Waals surface area (Å²) in [5.41, 5.74) is 3.30. The summed E-state index contributed by atoms with van der Waals surface area (Å²) >= 11 is 0. The third kappa shape index (κ3) is 1.28. The minimum absolute atomic E-state index is 0.596. The molecule has 1 aromatic rings. The summed E-state index contributed by atoms with van der Waals surface area (Å²) in [5, 5.41) is 13.5. The lowest BCUT2D eigenvalue weighted by molar-refractivity contribution is 0.280. The second-order valence-corrected chi connectivity index (χ2v) is 4.62. The Bertz CT molecular complexity index is 421. The first kappa shape index (κ1) is 8.96. The van der Waals surface area contributed by atoms with Gasteiger partial charge in [0.25, 0.3) is 0 Å². The molecule has 0 unspecified atom stereocenters. The van der Waals surface area contributed by atoms with Gasteiger partial charge in [0, 0.05) is 11.3 Å². The molecule has 0 bridgehead atoms. The van der Waals surface area contributed by atoms with E-state index in [4.69, 9.17) is 5.26 Å². The molecule has 0 radical (unpaired) electrons. The van der Waals surface area contributed by atoms with Gasteiger partial charge in [0.1, 0.15) is 6.07 Å². The number of fused-ring (bicyclic) bond motifs is 1. The molecule has 3 nitrogen and oxygen atoms in total. The average Bonchev–Trinajstić information content (AvgIpc) is 2.55. The van der Waals surface area contributed by atoms with E-state index in [2.05, 4.69) is 15.8 Å². The number of nitriles is 1. The van der Waals surface area contributed by atoms with Crippen LogP contribution in [0.4, 0.5) is 0 Å². The van der Waals surface area contributed by atoms with Crippen molar-refractivity contribution in [2.75, 3.05) is 0 Å². The van der Waals surface area contributed by atoms with Crippen LogP contribution in [0.2, 0.25) is 0 Å². The molecule has 0 amide bonds. The van der Waals surface area contributed by atoms with Crippen molar-refractivity contribution in [3.63, 3.8) is 0 Å². The summed E-state index contributed by atoms with van der Waals surface area (Å²) in [5.74, 6) is 0. The first-order valence-electron chi connectivity index (χ1n) is 5.90. The van der Waals surface area contributed by atoms with Gasteiger partial charge in [0.05, 0.1) is 6.04 Å². The number of aromatic nitrogens is 2. The van der Waals surface area contributed by atoms with Gasteiger partial charge in [0.15, 0.2) is 5.69 Å². The highest BCUT2D eigenvalue weighted by Crippen LogP contribution is 2.35. The molecule has 1 heterocycles. The van der Waals surface area contributed by atoms with Gasteiger partial charge in [-0.2, -0.15) is 10.4 Å². The fourth-order valence-corrected chi connectivity index (χ4v) is 2.65. The monoisotopic (exact) mass is 201 g/mol. The third-order valence-electron chi connectivity index (χ3n) is 3.74. The van der Waals surface area contributed by atoms with Crippen LogP contribution in [0.5, 0.6) is 0 Å². The Morgan fingerprint density at radius 3 is 2.67 bits per heavy atom. The molecule has 0 N–H and O–H groups in total. The molecule has 1 fully saturated rings. The van der Waals surface area contributed by atoms with Crippen molar-refractivity contribution in [3.8, 4) is 6.07 Å². The van der Waals surface area contributed by atoms with E-state index in [-0.39, 0.29) is 0 Å². The molecule has 3 rings (SSSR count). The van der Waals surface area contributed by atoms with Gasteiger partial charge < -0.3 is 0 Å². The summed E-state index contributed by atoms with van der Waals surface area (Å²) in [6, 6.07) is 2.84. The summed E-state index contributed by atoms with van der Waals surface area (Å²) in [7, 11) is 0. The lowest BCUT2D eigenvalue weighted by Crippen LogP contribution is -2.21. The van der Waals surface area contributed by atoms with Crippen LogP contribution in [0.1, 0.15) is 55.1 Å². The molecular formula is C12H15N3. The maximum Gasteiger partial charge on any atom is 0.165 e. The molecule has 2 aliphatic rings. The van der Waals surface area contributed by atoms with Crippen molar-refractivity contribution in [1.29, 1.82) is 5.26 Å². The fourth-order valence-electron chi connectivity index (χ4n) is 2.65. The molecule has 0 atom stereocenters. The number of rotatable bonds is 1. The van der Waals surface area contributed by atoms with E-state index in [0.717, 1.165) is 12.8 Å². The maximum atomic E-state index is 9.05. The lowest BCUT2D eigenvalue weighted by atomic mass is 9.91. The third-order valence-corrected chi connectivity index (χ3v) is 3.74. The maximum absolute atomic E-state index is 9.05. The Kier molecular flexibility index (Phi) is 2.02. The molecule has 3 heteroatoms. The van der Waals surface area contributed by atoms with Crippen molar-refractivity contribution in [1.82, 2.24) is 9.78 Å². The van der Waals surface area contributed by atoms with Crippen LogP contribution in [0.15, 0.2) is 0 Å². The van der Waals surface area contributed by atoms with Crippen LogP contribution in [0.25, 0.3) is 0 Å². The van der Waals surface area contributed by atoms with E-state index in [1.54, 1.807) is 0 Å². The van der Waals surface area contributed by atoms with Crippen LogP contribution in [0.3, 0.4) is 0 Å². The van der Waals surface area contributed by atoms with Crippen LogP contribution in [0, 0.1) is 11.3 Å². The minimum atomic E-state index is 0.596. The normalized spacial score (nSPS) is 20.5. The predicted molar refractivity (Wildman–Crippen MR) is 56.5 cm³/mol. The van der Waals surface area contributed by atoms with Gasteiger partial charge in [-0.15, -0.1) is 0 Å². The zero-order chi connectivity index (χ0) is 10.3. The molecule has 78 valence electrons. The highest BCUT2D eigenvalue weighted by atomic mass is 15.3. The molecule has 0 saturated heterocycles. The Morgan fingerprint density at radius 1 is 1.20 bits per heavy atom. The van der Waals surface area contributed by atoms with Crippen LogP contribution in [-0.4, -0.2) is 9.78 Å². The molecule has 0 spiro atoms.